The van der Waals surface area contributed by atoms with E-state index in [2.05, 4.69) is 5.10 Å². The van der Waals surface area contributed by atoms with E-state index in [1.165, 1.54) is 23.9 Å². The van der Waals surface area contributed by atoms with E-state index in [1.807, 2.05) is 0 Å². The van der Waals surface area contributed by atoms with Crippen LogP contribution in [0.4, 0.5) is 8.78 Å². The Morgan fingerprint density at radius 1 is 1.31 bits per heavy atom. The third-order valence-corrected chi connectivity index (χ3v) is 2.28. The van der Waals surface area contributed by atoms with Crippen LogP contribution in [0.1, 0.15) is 11.3 Å². The molecule has 0 saturated carbocycles. The fourth-order valence-corrected chi connectivity index (χ4v) is 1.39. The molecule has 0 amide bonds. The number of hydrogen-bond donors (Lipinski definition) is 1. The monoisotopic (exact) mass is 224 g/mol. The van der Waals surface area contributed by atoms with E-state index in [0.717, 1.165) is 12.1 Å². The summed E-state index contributed by atoms with van der Waals surface area (Å²) in [6.45, 7) is 1.26. The highest BCUT2D eigenvalue weighted by molar-refractivity contribution is 5.36. The van der Waals surface area contributed by atoms with Gasteiger partial charge in [0.2, 0.25) is 0 Å². The molecule has 0 fully saturated rings. The minimum absolute atomic E-state index is 0.0304. The molecular formula is C11H10F2N2O. The van der Waals surface area contributed by atoms with Crippen molar-refractivity contribution >= 4 is 0 Å². The highest BCUT2D eigenvalue weighted by atomic mass is 19.1. The van der Waals surface area contributed by atoms with Crippen LogP contribution in [0.5, 0.6) is 0 Å². The van der Waals surface area contributed by atoms with Gasteiger partial charge in [0.05, 0.1) is 12.3 Å². The smallest absolute Gasteiger partial charge is 0.149 e. The number of benzene rings is 1. The summed E-state index contributed by atoms with van der Waals surface area (Å²) in [6.07, 6.45) is 1.47. The minimum Gasteiger partial charge on any atom is -0.390 e. The first-order chi connectivity index (χ1) is 7.61. The standard InChI is InChI=1S/C11H10F2N2O/c1-7-4-10(13)11(5-9(7)12)15-3-2-8(6-16)14-15/h2-5,16H,6H2,1H3. The fourth-order valence-electron chi connectivity index (χ4n) is 1.39. The summed E-state index contributed by atoms with van der Waals surface area (Å²) in [5.74, 6) is -1.04. The van der Waals surface area contributed by atoms with Gasteiger partial charge < -0.3 is 5.11 Å². The molecule has 2 aromatic rings. The largest absolute Gasteiger partial charge is 0.390 e. The predicted molar refractivity (Wildman–Crippen MR) is 54.1 cm³/mol. The SMILES string of the molecule is Cc1cc(F)c(-n2ccc(CO)n2)cc1F. The first kappa shape index (κ1) is 10.8. The molecule has 0 aliphatic carbocycles. The van der Waals surface area contributed by atoms with Crippen molar-refractivity contribution in [2.75, 3.05) is 0 Å². The van der Waals surface area contributed by atoms with E-state index in [1.54, 1.807) is 0 Å². The van der Waals surface area contributed by atoms with E-state index in [9.17, 15) is 8.78 Å². The van der Waals surface area contributed by atoms with E-state index < -0.39 is 11.6 Å². The molecule has 1 heterocycles. The number of rotatable bonds is 2. The zero-order valence-corrected chi connectivity index (χ0v) is 8.61. The number of aliphatic hydroxyl groups excluding tert-OH is 1. The van der Waals surface area contributed by atoms with Crippen LogP contribution in [0.3, 0.4) is 0 Å². The second-order valence-electron chi connectivity index (χ2n) is 3.46. The van der Waals surface area contributed by atoms with Gasteiger partial charge in [0.25, 0.3) is 0 Å². The Morgan fingerprint density at radius 3 is 2.69 bits per heavy atom. The van der Waals surface area contributed by atoms with Gasteiger partial charge in [0, 0.05) is 12.3 Å². The van der Waals surface area contributed by atoms with Crippen LogP contribution in [0.25, 0.3) is 5.69 Å². The number of aryl methyl sites for hydroxylation is 1. The lowest BCUT2D eigenvalue weighted by Crippen LogP contribution is -2.01. The quantitative estimate of drug-likeness (QED) is 0.846. The van der Waals surface area contributed by atoms with Crippen LogP contribution >= 0.6 is 0 Å². The van der Waals surface area contributed by atoms with Gasteiger partial charge in [0.15, 0.2) is 0 Å². The zero-order chi connectivity index (χ0) is 11.7. The molecule has 1 N–H and O–H groups in total. The summed E-state index contributed by atoms with van der Waals surface area (Å²) in [4.78, 5) is 0. The molecule has 3 nitrogen and oxygen atoms in total. The fraction of sp³-hybridized carbons (Fsp3) is 0.182. The van der Waals surface area contributed by atoms with Gasteiger partial charge in [-0.15, -0.1) is 0 Å². The predicted octanol–water partition coefficient (Wildman–Crippen LogP) is 1.95. The highest BCUT2D eigenvalue weighted by Crippen LogP contribution is 2.17. The Labute approximate surface area is 91.0 Å². The topological polar surface area (TPSA) is 38.0 Å². The number of hydrogen-bond acceptors (Lipinski definition) is 2. The molecule has 0 aliphatic rings. The van der Waals surface area contributed by atoms with Crippen LogP contribution in [0, 0.1) is 18.6 Å². The lowest BCUT2D eigenvalue weighted by atomic mass is 10.2. The van der Waals surface area contributed by atoms with Gasteiger partial charge in [-0.05, 0) is 24.6 Å². The van der Waals surface area contributed by atoms with Crippen LogP contribution in [-0.2, 0) is 6.61 Å². The van der Waals surface area contributed by atoms with Crippen molar-refractivity contribution in [1.29, 1.82) is 0 Å². The van der Waals surface area contributed by atoms with Crippen molar-refractivity contribution in [3.8, 4) is 5.69 Å². The van der Waals surface area contributed by atoms with Gasteiger partial charge in [0.1, 0.15) is 17.3 Å². The molecule has 0 atom stereocenters. The van der Waals surface area contributed by atoms with Gasteiger partial charge in [-0.2, -0.15) is 5.10 Å². The van der Waals surface area contributed by atoms with Crippen molar-refractivity contribution in [2.24, 2.45) is 0 Å². The maximum atomic E-state index is 13.5. The van der Waals surface area contributed by atoms with Crippen molar-refractivity contribution in [3.63, 3.8) is 0 Å². The average Bonchev–Trinajstić information content (AvgIpc) is 2.71. The average molecular weight is 224 g/mol. The summed E-state index contributed by atoms with van der Waals surface area (Å²) >= 11 is 0. The van der Waals surface area contributed by atoms with E-state index >= 15 is 0 Å². The molecule has 1 aromatic carbocycles. The van der Waals surface area contributed by atoms with Crippen molar-refractivity contribution in [3.05, 3.63) is 47.3 Å². The first-order valence-electron chi connectivity index (χ1n) is 4.73. The number of aromatic nitrogens is 2. The summed E-state index contributed by atoms with van der Waals surface area (Å²) < 4.78 is 28.0. The van der Waals surface area contributed by atoms with Gasteiger partial charge in [-0.1, -0.05) is 0 Å². The molecule has 0 unspecified atom stereocenters. The van der Waals surface area contributed by atoms with Crippen molar-refractivity contribution in [2.45, 2.75) is 13.5 Å². The van der Waals surface area contributed by atoms with E-state index in [-0.39, 0.29) is 17.9 Å². The Bertz CT molecular complexity index is 523. The Morgan fingerprint density at radius 2 is 2.06 bits per heavy atom. The normalized spacial score (nSPS) is 10.8. The first-order valence-corrected chi connectivity index (χ1v) is 4.73. The van der Waals surface area contributed by atoms with E-state index in [4.69, 9.17) is 5.11 Å². The third-order valence-electron chi connectivity index (χ3n) is 2.28. The van der Waals surface area contributed by atoms with Crippen LogP contribution in [0.2, 0.25) is 0 Å². The van der Waals surface area contributed by atoms with Gasteiger partial charge >= 0.3 is 0 Å². The Kier molecular flexibility index (Phi) is 2.70. The molecule has 1 aromatic heterocycles. The molecule has 16 heavy (non-hydrogen) atoms. The lowest BCUT2D eigenvalue weighted by Gasteiger charge is -2.05. The second-order valence-corrected chi connectivity index (χ2v) is 3.46. The van der Waals surface area contributed by atoms with Crippen LogP contribution in [-0.4, -0.2) is 14.9 Å². The maximum absolute atomic E-state index is 13.5. The molecule has 0 bridgehead atoms. The summed E-state index contributed by atoms with van der Waals surface area (Å²) in [7, 11) is 0. The molecule has 0 aliphatic heterocycles. The summed E-state index contributed by atoms with van der Waals surface area (Å²) in [5.41, 5.74) is 0.680. The molecular weight excluding hydrogens is 214 g/mol. The minimum atomic E-state index is -0.550. The molecule has 84 valence electrons. The molecule has 0 saturated heterocycles. The number of halogens is 2. The zero-order valence-electron chi connectivity index (χ0n) is 8.61. The number of aliphatic hydroxyl groups is 1. The summed E-state index contributed by atoms with van der Waals surface area (Å²) in [6, 6.07) is 3.74. The molecule has 0 spiro atoms. The molecule has 2 rings (SSSR count). The van der Waals surface area contributed by atoms with Gasteiger partial charge in [-0.3, -0.25) is 0 Å². The van der Waals surface area contributed by atoms with Crippen molar-refractivity contribution < 1.29 is 13.9 Å². The molecule has 5 heteroatoms. The van der Waals surface area contributed by atoms with Gasteiger partial charge in [-0.25, -0.2) is 13.5 Å². The third kappa shape index (κ3) is 1.81. The lowest BCUT2D eigenvalue weighted by molar-refractivity contribution is 0.276. The second kappa shape index (κ2) is 4.02. The molecule has 0 radical (unpaired) electrons. The summed E-state index contributed by atoms with van der Waals surface area (Å²) in [5, 5.41) is 12.7. The van der Waals surface area contributed by atoms with Crippen molar-refractivity contribution in [1.82, 2.24) is 9.78 Å². The maximum Gasteiger partial charge on any atom is 0.149 e. The number of nitrogens with zero attached hydrogens (tertiary/aromatic N) is 2. The Hall–Kier alpha value is -1.75. The Balaban J connectivity index is 2.51. The van der Waals surface area contributed by atoms with Crippen LogP contribution in [0.15, 0.2) is 24.4 Å². The highest BCUT2D eigenvalue weighted by Gasteiger charge is 2.10. The van der Waals surface area contributed by atoms with Crippen LogP contribution < -0.4 is 0 Å². The van der Waals surface area contributed by atoms with E-state index in [0.29, 0.717) is 5.69 Å².